The summed E-state index contributed by atoms with van der Waals surface area (Å²) in [7, 11) is 0. The highest BCUT2D eigenvalue weighted by Crippen LogP contribution is 2.54. The van der Waals surface area contributed by atoms with E-state index in [-0.39, 0.29) is 11.2 Å². The summed E-state index contributed by atoms with van der Waals surface area (Å²) >= 11 is 6.38. The van der Waals surface area contributed by atoms with Gasteiger partial charge in [0.05, 0.1) is 5.69 Å². The highest BCUT2D eigenvalue weighted by Gasteiger charge is 2.37. The SMILES string of the molecule is Cc1ccc2c(c1)C(C)(C)c1cccc(N(c3cccc(O)c3)c3cccc(Cl)c3)c1-2. The van der Waals surface area contributed by atoms with Gasteiger partial charge in [-0.3, -0.25) is 0 Å². The van der Waals surface area contributed by atoms with E-state index in [0.717, 1.165) is 17.1 Å². The monoisotopic (exact) mass is 425 g/mol. The van der Waals surface area contributed by atoms with Crippen molar-refractivity contribution in [1.82, 2.24) is 0 Å². The highest BCUT2D eigenvalue weighted by atomic mass is 35.5. The molecule has 0 aliphatic heterocycles. The molecule has 3 heteroatoms. The van der Waals surface area contributed by atoms with Crippen molar-refractivity contribution in [3.63, 3.8) is 0 Å². The Kier molecular flexibility index (Phi) is 4.56. The molecular weight excluding hydrogens is 402 g/mol. The van der Waals surface area contributed by atoms with Crippen molar-refractivity contribution in [2.24, 2.45) is 0 Å². The van der Waals surface area contributed by atoms with Crippen LogP contribution >= 0.6 is 11.6 Å². The molecule has 0 aromatic heterocycles. The minimum absolute atomic E-state index is 0.0917. The number of hydrogen-bond donors (Lipinski definition) is 1. The fourth-order valence-electron chi connectivity index (χ4n) is 4.74. The van der Waals surface area contributed by atoms with Crippen LogP contribution in [0, 0.1) is 6.92 Å². The van der Waals surface area contributed by atoms with Crippen LogP contribution in [0.4, 0.5) is 17.1 Å². The molecule has 0 saturated carbocycles. The zero-order valence-electron chi connectivity index (χ0n) is 17.9. The van der Waals surface area contributed by atoms with Gasteiger partial charge in [0.2, 0.25) is 0 Å². The first kappa shape index (κ1) is 19.7. The van der Waals surface area contributed by atoms with Gasteiger partial charge in [-0.1, -0.05) is 73.5 Å². The van der Waals surface area contributed by atoms with Crippen molar-refractivity contribution < 1.29 is 5.11 Å². The number of phenols is 1. The second-order valence-electron chi connectivity index (χ2n) is 8.71. The Balaban J connectivity index is 1.83. The lowest BCUT2D eigenvalue weighted by atomic mass is 9.82. The molecule has 0 bridgehead atoms. The van der Waals surface area contributed by atoms with Crippen LogP contribution in [-0.4, -0.2) is 5.11 Å². The number of hydrogen-bond acceptors (Lipinski definition) is 2. The number of aryl methyl sites for hydroxylation is 1. The summed E-state index contributed by atoms with van der Waals surface area (Å²) in [6.07, 6.45) is 0. The van der Waals surface area contributed by atoms with E-state index in [2.05, 4.69) is 62.1 Å². The number of phenolic OH excluding ortho intramolecular Hbond substituents is 1. The van der Waals surface area contributed by atoms with Crippen molar-refractivity contribution in [2.45, 2.75) is 26.2 Å². The fourth-order valence-corrected chi connectivity index (χ4v) is 4.93. The minimum atomic E-state index is -0.0917. The average molecular weight is 426 g/mol. The second-order valence-corrected chi connectivity index (χ2v) is 9.15. The quantitative estimate of drug-likeness (QED) is 0.358. The van der Waals surface area contributed by atoms with Crippen LogP contribution in [0.3, 0.4) is 0 Å². The smallest absolute Gasteiger partial charge is 0.117 e. The molecule has 0 spiro atoms. The van der Waals surface area contributed by atoms with Gasteiger partial charge in [0.25, 0.3) is 0 Å². The Bertz CT molecular complexity index is 1260. The molecule has 0 fully saturated rings. The van der Waals surface area contributed by atoms with Gasteiger partial charge in [-0.15, -0.1) is 0 Å². The van der Waals surface area contributed by atoms with Gasteiger partial charge in [0, 0.05) is 33.4 Å². The van der Waals surface area contributed by atoms with Gasteiger partial charge in [-0.05, 0) is 60.0 Å². The number of nitrogens with zero attached hydrogens (tertiary/aromatic N) is 1. The largest absolute Gasteiger partial charge is 0.508 e. The fraction of sp³-hybridized carbons (Fsp3) is 0.143. The normalized spacial score (nSPS) is 13.5. The zero-order valence-corrected chi connectivity index (χ0v) is 18.6. The molecule has 0 heterocycles. The van der Waals surface area contributed by atoms with Crippen LogP contribution in [0.1, 0.15) is 30.5 Å². The predicted molar refractivity (Wildman–Crippen MR) is 130 cm³/mol. The molecule has 1 N–H and O–H groups in total. The lowest BCUT2D eigenvalue weighted by molar-refractivity contribution is 0.475. The van der Waals surface area contributed by atoms with Gasteiger partial charge < -0.3 is 10.0 Å². The maximum atomic E-state index is 10.2. The number of rotatable bonds is 3. The van der Waals surface area contributed by atoms with Gasteiger partial charge in [0.15, 0.2) is 0 Å². The first-order chi connectivity index (χ1) is 14.9. The van der Waals surface area contributed by atoms with E-state index in [4.69, 9.17) is 11.6 Å². The summed E-state index contributed by atoms with van der Waals surface area (Å²) in [5, 5.41) is 10.9. The van der Waals surface area contributed by atoms with Crippen LogP contribution in [0.15, 0.2) is 84.9 Å². The molecule has 1 aliphatic carbocycles. The molecule has 4 aromatic carbocycles. The summed E-state index contributed by atoms with van der Waals surface area (Å²) in [6.45, 7) is 6.73. The third-order valence-corrected chi connectivity index (χ3v) is 6.46. The van der Waals surface area contributed by atoms with Crippen molar-refractivity contribution in [3.8, 4) is 16.9 Å². The van der Waals surface area contributed by atoms with Crippen molar-refractivity contribution in [2.75, 3.05) is 4.90 Å². The average Bonchev–Trinajstić information content (AvgIpc) is 2.96. The van der Waals surface area contributed by atoms with Gasteiger partial charge >= 0.3 is 0 Å². The molecular formula is C28H24ClNO. The predicted octanol–water partition coefficient (Wildman–Crippen LogP) is 8.13. The minimum Gasteiger partial charge on any atom is -0.508 e. The number of halogens is 1. The molecule has 0 radical (unpaired) electrons. The van der Waals surface area contributed by atoms with E-state index < -0.39 is 0 Å². The number of anilines is 3. The van der Waals surface area contributed by atoms with Crippen molar-refractivity contribution >= 4 is 28.7 Å². The molecule has 154 valence electrons. The third kappa shape index (κ3) is 3.19. The van der Waals surface area contributed by atoms with E-state index in [0.29, 0.717) is 5.02 Å². The Morgan fingerprint density at radius 3 is 2.23 bits per heavy atom. The maximum Gasteiger partial charge on any atom is 0.117 e. The first-order valence-corrected chi connectivity index (χ1v) is 10.8. The number of benzene rings is 4. The molecule has 0 atom stereocenters. The summed E-state index contributed by atoms with van der Waals surface area (Å²) in [4.78, 5) is 2.18. The van der Waals surface area contributed by atoms with Gasteiger partial charge in [-0.2, -0.15) is 0 Å². The highest BCUT2D eigenvalue weighted by molar-refractivity contribution is 6.30. The van der Waals surface area contributed by atoms with E-state index in [1.165, 1.54) is 27.8 Å². The molecule has 2 nitrogen and oxygen atoms in total. The van der Waals surface area contributed by atoms with Crippen LogP contribution in [0.25, 0.3) is 11.1 Å². The molecule has 4 aromatic rings. The van der Waals surface area contributed by atoms with Crippen LogP contribution in [0.5, 0.6) is 5.75 Å². The van der Waals surface area contributed by atoms with E-state index in [9.17, 15) is 5.11 Å². The maximum absolute atomic E-state index is 10.2. The Labute approximate surface area is 188 Å². The first-order valence-electron chi connectivity index (χ1n) is 10.5. The van der Waals surface area contributed by atoms with Crippen molar-refractivity contribution in [1.29, 1.82) is 0 Å². The van der Waals surface area contributed by atoms with E-state index in [1.54, 1.807) is 12.1 Å². The van der Waals surface area contributed by atoms with E-state index in [1.807, 2.05) is 36.4 Å². The molecule has 0 amide bonds. The number of fused-ring (bicyclic) bond motifs is 3. The Morgan fingerprint density at radius 1 is 0.774 bits per heavy atom. The van der Waals surface area contributed by atoms with Crippen LogP contribution in [-0.2, 0) is 5.41 Å². The molecule has 31 heavy (non-hydrogen) atoms. The summed E-state index contributed by atoms with van der Waals surface area (Å²) in [6, 6.07) is 28.4. The van der Waals surface area contributed by atoms with Crippen LogP contribution in [0.2, 0.25) is 5.02 Å². The molecule has 1 aliphatic rings. The van der Waals surface area contributed by atoms with Gasteiger partial charge in [0.1, 0.15) is 5.75 Å². The number of aromatic hydroxyl groups is 1. The van der Waals surface area contributed by atoms with Crippen molar-refractivity contribution in [3.05, 3.63) is 107 Å². The lowest BCUT2D eigenvalue weighted by Crippen LogP contribution is -2.16. The zero-order chi connectivity index (χ0) is 21.8. The second kappa shape index (κ2) is 7.18. The topological polar surface area (TPSA) is 23.5 Å². The summed E-state index contributed by atoms with van der Waals surface area (Å²) in [5.41, 5.74) is 9.21. The molecule has 5 rings (SSSR count). The standard InChI is InChI=1S/C28H24ClNO/c1-18-13-14-23-25(15-18)28(2,3)24-11-6-12-26(27(23)24)30(20-8-4-7-19(29)16-20)21-9-5-10-22(31)17-21/h4-17,31H,1-3H3. The molecule has 0 saturated heterocycles. The summed E-state index contributed by atoms with van der Waals surface area (Å²) in [5.74, 6) is 0.230. The van der Waals surface area contributed by atoms with Gasteiger partial charge in [-0.25, -0.2) is 0 Å². The Morgan fingerprint density at radius 2 is 1.48 bits per heavy atom. The lowest BCUT2D eigenvalue weighted by Gasteiger charge is -2.29. The van der Waals surface area contributed by atoms with Crippen LogP contribution < -0.4 is 4.90 Å². The van der Waals surface area contributed by atoms with E-state index >= 15 is 0 Å². The molecule has 0 unspecified atom stereocenters. The third-order valence-electron chi connectivity index (χ3n) is 6.23. The Hall–Kier alpha value is -3.23. The summed E-state index contributed by atoms with van der Waals surface area (Å²) < 4.78 is 0.